The number of carbonyl (C=O) groups excluding carboxylic acids is 3. The largest absolute Gasteiger partial charge is 0.381 e. The lowest BCUT2D eigenvalue weighted by Gasteiger charge is -2.31. The SMILES string of the molecule is CC(C)(C)C(NC(=O)c1nn(CC2CCOCC2)c2cc(F)ccc12)C(=O)NC1CNC(=O)C1. The summed E-state index contributed by atoms with van der Waals surface area (Å²) in [5.41, 5.74) is 0.105. The van der Waals surface area contributed by atoms with Crippen LogP contribution in [0.25, 0.3) is 10.9 Å². The maximum Gasteiger partial charge on any atom is 0.273 e. The van der Waals surface area contributed by atoms with Crippen LogP contribution in [0.1, 0.15) is 50.5 Å². The summed E-state index contributed by atoms with van der Waals surface area (Å²) in [7, 11) is 0. The number of amides is 3. The summed E-state index contributed by atoms with van der Waals surface area (Å²) >= 11 is 0. The second kappa shape index (κ2) is 9.69. The molecule has 2 aliphatic rings. The van der Waals surface area contributed by atoms with E-state index in [0.717, 1.165) is 12.8 Å². The zero-order chi connectivity index (χ0) is 24.5. The molecule has 3 amide bonds. The van der Waals surface area contributed by atoms with Crippen LogP contribution in [0.15, 0.2) is 18.2 Å². The molecule has 0 bridgehead atoms. The first-order valence-electron chi connectivity index (χ1n) is 11.7. The Hall–Kier alpha value is -3.01. The summed E-state index contributed by atoms with van der Waals surface area (Å²) in [4.78, 5) is 37.9. The van der Waals surface area contributed by atoms with Crippen molar-refractivity contribution in [3.8, 4) is 0 Å². The molecule has 2 unspecified atom stereocenters. The van der Waals surface area contributed by atoms with Crippen LogP contribution >= 0.6 is 0 Å². The van der Waals surface area contributed by atoms with Gasteiger partial charge in [0.2, 0.25) is 11.8 Å². The van der Waals surface area contributed by atoms with Crippen LogP contribution in [0.5, 0.6) is 0 Å². The van der Waals surface area contributed by atoms with E-state index < -0.39 is 23.2 Å². The molecule has 0 aliphatic carbocycles. The molecule has 34 heavy (non-hydrogen) atoms. The lowest BCUT2D eigenvalue weighted by atomic mass is 9.85. The molecule has 10 heteroatoms. The lowest BCUT2D eigenvalue weighted by Crippen LogP contribution is -2.55. The van der Waals surface area contributed by atoms with Crippen molar-refractivity contribution in [2.75, 3.05) is 19.8 Å². The molecule has 0 saturated carbocycles. The van der Waals surface area contributed by atoms with Gasteiger partial charge in [-0.05, 0) is 42.4 Å². The van der Waals surface area contributed by atoms with Gasteiger partial charge < -0.3 is 20.7 Å². The van der Waals surface area contributed by atoms with E-state index in [4.69, 9.17) is 4.74 Å². The molecular weight excluding hydrogens is 441 g/mol. The number of fused-ring (bicyclic) bond motifs is 1. The van der Waals surface area contributed by atoms with Crippen molar-refractivity contribution in [1.29, 1.82) is 0 Å². The van der Waals surface area contributed by atoms with E-state index in [1.807, 2.05) is 20.8 Å². The quantitative estimate of drug-likeness (QED) is 0.592. The van der Waals surface area contributed by atoms with Gasteiger partial charge in [0.15, 0.2) is 5.69 Å². The van der Waals surface area contributed by atoms with Crippen LogP contribution in [0.4, 0.5) is 4.39 Å². The minimum absolute atomic E-state index is 0.115. The minimum atomic E-state index is -0.855. The highest BCUT2D eigenvalue weighted by Gasteiger charge is 2.36. The summed E-state index contributed by atoms with van der Waals surface area (Å²) in [5, 5.41) is 13.5. The van der Waals surface area contributed by atoms with Crippen LogP contribution in [0.3, 0.4) is 0 Å². The average Bonchev–Trinajstić information content (AvgIpc) is 3.34. The summed E-state index contributed by atoms with van der Waals surface area (Å²) in [5.74, 6) is -1.06. The van der Waals surface area contributed by atoms with Crippen LogP contribution < -0.4 is 16.0 Å². The first-order valence-corrected chi connectivity index (χ1v) is 11.7. The van der Waals surface area contributed by atoms with Crippen molar-refractivity contribution in [2.24, 2.45) is 11.3 Å². The Bertz CT molecular complexity index is 1090. The number of benzene rings is 1. The molecule has 2 atom stereocenters. The Morgan fingerprint density at radius 2 is 2.03 bits per heavy atom. The first-order chi connectivity index (χ1) is 16.1. The Morgan fingerprint density at radius 1 is 1.29 bits per heavy atom. The molecule has 9 nitrogen and oxygen atoms in total. The number of nitrogens with one attached hydrogen (secondary N) is 3. The maximum absolute atomic E-state index is 14.1. The van der Waals surface area contributed by atoms with Gasteiger partial charge in [0.1, 0.15) is 11.9 Å². The van der Waals surface area contributed by atoms with Gasteiger partial charge in [-0.1, -0.05) is 20.8 Å². The molecular formula is C24H32FN5O4. The normalized spacial score (nSPS) is 20.2. The fourth-order valence-corrected chi connectivity index (χ4v) is 4.49. The van der Waals surface area contributed by atoms with E-state index in [0.29, 0.717) is 43.1 Å². The number of rotatable bonds is 6. The van der Waals surface area contributed by atoms with Gasteiger partial charge in [-0.3, -0.25) is 19.1 Å². The predicted octanol–water partition coefficient (Wildman–Crippen LogP) is 1.75. The highest BCUT2D eigenvalue weighted by molar-refractivity contribution is 6.06. The maximum atomic E-state index is 14.1. The van der Waals surface area contributed by atoms with Gasteiger partial charge in [0, 0.05) is 38.1 Å². The number of aromatic nitrogens is 2. The van der Waals surface area contributed by atoms with Crippen LogP contribution in [-0.2, 0) is 20.9 Å². The van der Waals surface area contributed by atoms with Crippen molar-refractivity contribution in [3.63, 3.8) is 0 Å². The molecule has 0 spiro atoms. The highest BCUT2D eigenvalue weighted by Crippen LogP contribution is 2.25. The number of halogens is 1. The molecule has 2 fully saturated rings. The van der Waals surface area contributed by atoms with Gasteiger partial charge in [-0.2, -0.15) is 5.10 Å². The monoisotopic (exact) mass is 473 g/mol. The second-order valence-corrected chi connectivity index (χ2v) is 10.2. The van der Waals surface area contributed by atoms with E-state index in [2.05, 4.69) is 21.0 Å². The number of hydrogen-bond acceptors (Lipinski definition) is 5. The van der Waals surface area contributed by atoms with E-state index >= 15 is 0 Å². The summed E-state index contributed by atoms with van der Waals surface area (Å²) in [6.45, 7) is 7.84. The summed E-state index contributed by atoms with van der Waals surface area (Å²) in [6.07, 6.45) is 1.97. The predicted molar refractivity (Wildman–Crippen MR) is 124 cm³/mol. The van der Waals surface area contributed by atoms with Crippen molar-refractivity contribution < 1.29 is 23.5 Å². The Balaban J connectivity index is 1.57. The molecule has 3 N–H and O–H groups in total. The van der Waals surface area contributed by atoms with E-state index in [9.17, 15) is 18.8 Å². The molecule has 1 aromatic carbocycles. The highest BCUT2D eigenvalue weighted by atomic mass is 19.1. The van der Waals surface area contributed by atoms with Gasteiger partial charge in [-0.25, -0.2) is 4.39 Å². The number of hydrogen-bond donors (Lipinski definition) is 3. The van der Waals surface area contributed by atoms with Crippen LogP contribution in [-0.4, -0.2) is 59.3 Å². The van der Waals surface area contributed by atoms with E-state index in [1.165, 1.54) is 12.1 Å². The molecule has 2 saturated heterocycles. The lowest BCUT2D eigenvalue weighted by molar-refractivity contribution is -0.126. The van der Waals surface area contributed by atoms with Gasteiger partial charge >= 0.3 is 0 Å². The first kappa shape index (κ1) is 24.1. The smallest absolute Gasteiger partial charge is 0.273 e. The molecule has 3 heterocycles. The van der Waals surface area contributed by atoms with E-state index in [1.54, 1.807) is 10.7 Å². The van der Waals surface area contributed by atoms with Crippen LogP contribution in [0, 0.1) is 17.2 Å². The van der Waals surface area contributed by atoms with Crippen molar-refractivity contribution in [1.82, 2.24) is 25.7 Å². The molecule has 1 aromatic heterocycles. The third kappa shape index (κ3) is 5.38. The standard InChI is InChI=1S/C24H32FN5O4/c1-24(2,3)21(23(33)27-16-11-19(31)26-12-16)28-22(32)20-17-5-4-15(25)10-18(17)30(29-20)13-14-6-8-34-9-7-14/h4-5,10,14,16,21H,6-9,11-13H2,1-3H3,(H,26,31)(H,27,33)(H,28,32). The zero-order valence-electron chi connectivity index (χ0n) is 19.8. The topological polar surface area (TPSA) is 114 Å². The summed E-state index contributed by atoms with van der Waals surface area (Å²) < 4.78 is 21.2. The molecule has 2 aliphatic heterocycles. The minimum Gasteiger partial charge on any atom is -0.381 e. The Morgan fingerprint density at radius 3 is 2.68 bits per heavy atom. The average molecular weight is 474 g/mol. The van der Waals surface area contributed by atoms with Gasteiger partial charge in [-0.15, -0.1) is 0 Å². The summed E-state index contributed by atoms with van der Waals surface area (Å²) in [6, 6.07) is 3.07. The third-order valence-corrected chi connectivity index (χ3v) is 6.43. The Kier molecular flexibility index (Phi) is 6.88. The Labute approximate surface area is 197 Å². The van der Waals surface area contributed by atoms with Crippen molar-refractivity contribution in [2.45, 2.75) is 58.7 Å². The van der Waals surface area contributed by atoms with E-state index in [-0.39, 0.29) is 30.0 Å². The van der Waals surface area contributed by atoms with Crippen molar-refractivity contribution in [3.05, 3.63) is 29.7 Å². The number of ether oxygens (including phenoxy) is 1. The third-order valence-electron chi connectivity index (χ3n) is 6.43. The van der Waals surface area contributed by atoms with Gasteiger partial charge in [0.25, 0.3) is 5.91 Å². The van der Waals surface area contributed by atoms with Gasteiger partial charge in [0.05, 0.1) is 11.6 Å². The molecule has 4 rings (SSSR count). The number of nitrogens with zero attached hydrogens (tertiary/aromatic N) is 2. The fourth-order valence-electron chi connectivity index (χ4n) is 4.49. The fraction of sp³-hybridized carbons (Fsp3) is 0.583. The van der Waals surface area contributed by atoms with Crippen LogP contribution in [0.2, 0.25) is 0 Å². The molecule has 0 radical (unpaired) electrons. The molecule has 2 aromatic rings. The van der Waals surface area contributed by atoms with Crippen molar-refractivity contribution >= 4 is 28.6 Å². The second-order valence-electron chi connectivity index (χ2n) is 10.2. The molecule has 184 valence electrons. The zero-order valence-corrected chi connectivity index (χ0v) is 19.8. The number of carbonyl (C=O) groups is 3.